The molecule has 1 aliphatic rings. The number of fused-ring (bicyclic) bond motifs is 1. The third kappa shape index (κ3) is 2.91. The van der Waals surface area contributed by atoms with Gasteiger partial charge in [0.15, 0.2) is 0 Å². The monoisotopic (exact) mass is 285 g/mol. The molecular weight excluding hydrogens is 270 g/mol. The SMILES string of the molecule is CNCCC1CN(C)C(=S)c2cc(Cl)cnc2O1. The number of pyridine rings is 1. The van der Waals surface area contributed by atoms with E-state index in [1.165, 1.54) is 0 Å². The molecule has 0 saturated heterocycles. The average Bonchev–Trinajstić information content (AvgIpc) is 2.46. The number of likely N-dealkylation sites (N-methyl/N-ethyl adjacent to an activating group) is 1. The van der Waals surface area contributed by atoms with E-state index < -0.39 is 0 Å². The summed E-state index contributed by atoms with van der Waals surface area (Å²) in [6.45, 7) is 1.66. The molecule has 18 heavy (non-hydrogen) atoms. The van der Waals surface area contributed by atoms with Crippen molar-refractivity contribution in [2.24, 2.45) is 0 Å². The maximum absolute atomic E-state index is 5.96. The Morgan fingerprint density at radius 2 is 2.44 bits per heavy atom. The Morgan fingerprint density at radius 1 is 1.67 bits per heavy atom. The summed E-state index contributed by atoms with van der Waals surface area (Å²) in [7, 11) is 3.89. The van der Waals surface area contributed by atoms with E-state index in [9.17, 15) is 0 Å². The van der Waals surface area contributed by atoms with Crippen LogP contribution in [0.1, 0.15) is 12.0 Å². The van der Waals surface area contributed by atoms with E-state index in [1.54, 1.807) is 6.20 Å². The maximum Gasteiger partial charge on any atom is 0.224 e. The van der Waals surface area contributed by atoms with Gasteiger partial charge in [-0.25, -0.2) is 4.98 Å². The second-order valence-corrected chi connectivity index (χ2v) is 5.15. The minimum atomic E-state index is 0.0790. The van der Waals surface area contributed by atoms with Crippen molar-refractivity contribution in [2.75, 3.05) is 27.2 Å². The fourth-order valence-corrected chi connectivity index (χ4v) is 2.30. The predicted molar refractivity (Wildman–Crippen MR) is 76.5 cm³/mol. The van der Waals surface area contributed by atoms with Crippen molar-refractivity contribution >= 4 is 28.8 Å². The summed E-state index contributed by atoms with van der Waals surface area (Å²) in [4.78, 5) is 6.98. The van der Waals surface area contributed by atoms with E-state index >= 15 is 0 Å². The molecule has 1 aliphatic heterocycles. The molecule has 98 valence electrons. The van der Waals surface area contributed by atoms with Crippen LogP contribution in [0.15, 0.2) is 12.3 Å². The third-order valence-corrected chi connectivity index (χ3v) is 3.61. The average molecular weight is 286 g/mol. The van der Waals surface area contributed by atoms with E-state index in [4.69, 9.17) is 28.6 Å². The molecule has 2 heterocycles. The smallest absolute Gasteiger partial charge is 0.224 e. The number of ether oxygens (including phenoxy) is 1. The number of aromatic nitrogens is 1. The number of halogens is 1. The molecule has 6 heteroatoms. The van der Waals surface area contributed by atoms with Gasteiger partial charge in [0, 0.05) is 13.2 Å². The van der Waals surface area contributed by atoms with Crippen LogP contribution in [0.5, 0.6) is 5.88 Å². The molecule has 1 N–H and O–H groups in total. The molecule has 0 radical (unpaired) electrons. The van der Waals surface area contributed by atoms with Gasteiger partial charge in [-0.05, 0) is 26.1 Å². The number of nitrogens with zero attached hydrogens (tertiary/aromatic N) is 2. The third-order valence-electron chi connectivity index (χ3n) is 2.87. The minimum Gasteiger partial charge on any atom is -0.472 e. The summed E-state index contributed by atoms with van der Waals surface area (Å²) in [6.07, 6.45) is 2.58. The highest BCUT2D eigenvalue weighted by molar-refractivity contribution is 7.80. The fraction of sp³-hybridized carbons (Fsp3) is 0.500. The van der Waals surface area contributed by atoms with Crippen LogP contribution in [-0.2, 0) is 0 Å². The van der Waals surface area contributed by atoms with Crippen LogP contribution in [-0.4, -0.2) is 48.2 Å². The lowest BCUT2D eigenvalue weighted by Crippen LogP contribution is -2.35. The van der Waals surface area contributed by atoms with Crippen molar-refractivity contribution in [3.63, 3.8) is 0 Å². The van der Waals surface area contributed by atoms with E-state index in [-0.39, 0.29) is 6.10 Å². The van der Waals surface area contributed by atoms with Crippen molar-refractivity contribution in [2.45, 2.75) is 12.5 Å². The molecule has 0 saturated carbocycles. The highest BCUT2D eigenvalue weighted by Crippen LogP contribution is 2.26. The molecule has 1 atom stereocenters. The van der Waals surface area contributed by atoms with Crippen LogP contribution in [0, 0.1) is 0 Å². The van der Waals surface area contributed by atoms with Crippen molar-refractivity contribution in [3.8, 4) is 5.88 Å². The largest absolute Gasteiger partial charge is 0.472 e. The van der Waals surface area contributed by atoms with Gasteiger partial charge >= 0.3 is 0 Å². The molecule has 1 aromatic rings. The van der Waals surface area contributed by atoms with Crippen LogP contribution in [0.3, 0.4) is 0 Å². The first-order valence-corrected chi connectivity index (χ1v) is 6.62. The zero-order chi connectivity index (χ0) is 13.1. The van der Waals surface area contributed by atoms with Crippen LogP contribution < -0.4 is 10.1 Å². The van der Waals surface area contributed by atoms with Gasteiger partial charge in [0.05, 0.1) is 17.1 Å². The van der Waals surface area contributed by atoms with Crippen molar-refractivity contribution in [3.05, 3.63) is 22.8 Å². The molecule has 0 aromatic carbocycles. The Morgan fingerprint density at radius 3 is 3.17 bits per heavy atom. The number of rotatable bonds is 3. The van der Waals surface area contributed by atoms with Crippen molar-refractivity contribution in [1.82, 2.24) is 15.2 Å². The lowest BCUT2D eigenvalue weighted by atomic mass is 10.2. The zero-order valence-corrected chi connectivity index (χ0v) is 12.0. The van der Waals surface area contributed by atoms with Crippen LogP contribution in [0.2, 0.25) is 5.02 Å². The van der Waals surface area contributed by atoms with Crippen LogP contribution in [0.25, 0.3) is 0 Å². The number of hydrogen-bond donors (Lipinski definition) is 1. The molecule has 0 spiro atoms. The van der Waals surface area contributed by atoms with Crippen molar-refractivity contribution in [1.29, 1.82) is 0 Å². The minimum absolute atomic E-state index is 0.0790. The second-order valence-electron chi connectivity index (χ2n) is 4.32. The molecular formula is C12H16ClN3OS. The summed E-state index contributed by atoms with van der Waals surface area (Å²) >= 11 is 11.4. The standard InChI is InChI=1S/C12H16ClN3OS/c1-14-4-3-9-7-16(2)12(18)10-5-8(13)6-15-11(10)17-9/h5-6,9,14H,3-4,7H2,1-2H3. The van der Waals surface area contributed by atoms with Crippen LogP contribution in [0.4, 0.5) is 0 Å². The quantitative estimate of drug-likeness (QED) is 0.856. The van der Waals surface area contributed by atoms with Gasteiger partial charge in [-0.3, -0.25) is 0 Å². The van der Waals surface area contributed by atoms with E-state index in [1.807, 2.05) is 25.1 Å². The molecule has 0 bridgehead atoms. The molecule has 0 aliphatic carbocycles. The summed E-state index contributed by atoms with van der Waals surface area (Å²) in [5.41, 5.74) is 0.798. The lowest BCUT2D eigenvalue weighted by Gasteiger charge is -2.21. The number of nitrogens with one attached hydrogen (secondary N) is 1. The first-order valence-electron chi connectivity index (χ1n) is 5.84. The molecule has 1 aromatic heterocycles. The highest BCUT2D eigenvalue weighted by Gasteiger charge is 2.25. The van der Waals surface area contributed by atoms with Gasteiger partial charge in [-0.15, -0.1) is 0 Å². The van der Waals surface area contributed by atoms with Crippen molar-refractivity contribution < 1.29 is 4.74 Å². The van der Waals surface area contributed by atoms with Crippen LogP contribution >= 0.6 is 23.8 Å². The number of thiocarbonyl (C=S) groups is 1. The van der Waals surface area contributed by atoms with E-state index in [2.05, 4.69) is 10.3 Å². The summed E-state index contributed by atoms with van der Waals surface area (Å²) in [6, 6.07) is 1.81. The van der Waals surface area contributed by atoms with E-state index in [0.717, 1.165) is 30.1 Å². The number of hydrogen-bond acceptors (Lipinski definition) is 4. The highest BCUT2D eigenvalue weighted by atomic mass is 35.5. The van der Waals surface area contributed by atoms with Gasteiger partial charge in [0.2, 0.25) is 5.88 Å². The predicted octanol–water partition coefficient (Wildman–Crippen LogP) is 1.71. The zero-order valence-electron chi connectivity index (χ0n) is 10.4. The molecule has 2 rings (SSSR count). The van der Waals surface area contributed by atoms with E-state index in [0.29, 0.717) is 10.9 Å². The fourth-order valence-electron chi connectivity index (χ4n) is 1.92. The first kappa shape index (κ1) is 13.5. The van der Waals surface area contributed by atoms with Gasteiger partial charge in [0.1, 0.15) is 11.1 Å². The Labute approximate surface area is 117 Å². The molecule has 0 fully saturated rings. The van der Waals surface area contributed by atoms with Gasteiger partial charge in [-0.2, -0.15) is 0 Å². The maximum atomic E-state index is 5.96. The molecule has 0 amide bonds. The Kier molecular flexibility index (Phi) is 4.37. The normalized spacial score (nSPS) is 19.2. The molecule has 1 unspecified atom stereocenters. The first-order chi connectivity index (χ1) is 8.61. The summed E-state index contributed by atoms with van der Waals surface area (Å²) < 4.78 is 5.92. The Balaban J connectivity index is 2.27. The van der Waals surface area contributed by atoms with Gasteiger partial charge in [-0.1, -0.05) is 23.8 Å². The van der Waals surface area contributed by atoms with Gasteiger partial charge < -0.3 is 15.0 Å². The second kappa shape index (κ2) is 5.82. The summed E-state index contributed by atoms with van der Waals surface area (Å²) in [5, 5.41) is 3.69. The Bertz CT molecular complexity index is 455. The Hall–Kier alpha value is -0.910. The summed E-state index contributed by atoms with van der Waals surface area (Å²) in [5.74, 6) is 0.579. The molecule has 4 nitrogen and oxygen atoms in total. The lowest BCUT2D eigenvalue weighted by molar-refractivity contribution is 0.166. The topological polar surface area (TPSA) is 37.4 Å². The van der Waals surface area contributed by atoms with Gasteiger partial charge in [0.25, 0.3) is 0 Å².